The van der Waals surface area contributed by atoms with Crippen molar-refractivity contribution in [2.45, 2.75) is 56.7 Å². The third kappa shape index (κ3) is 2.33. The number of carbonyl (C=O) groups is 1. The van der Waals surface area contributed by atoms with E-state index in [2.05, 4.69) is 10.2 Å². The van der Waals surface area contributed by atoms with Gasteiger partial charge in [-0.25, -0.2) is 0 Å². The van der Waals surface area contributed by atoms with Crippen LogP contribution in [0.5, 0.6) is 0 Å². The van der Waals surface area contributed by atoms with Crippen LogP contribution < -0.4 is 5.32 Å². The van der Waals surface area contributed by atoms with Crippen molar-refractivity contribution in [1.29, 1.82) is 0 Å². The molecule has 96 valence electrons. The Bertz CT molecular complexity index is 289. The number of fused-ring (bicyclic) bond motifs is 1. The number of piperidine rings is 1. The molecule has 3 fully saturated rings. The van der Waals surface area contributed by atoms with E-state index in [1.807, 2.05) is 0 Å². The molecule has 0 spiro atoms. The van der Waals surface area contributed by atoms with Gasteiger partial charge in [-0.3, -0.25) is 9.69 Å². The largest absolute Gasteiger partial charge is 0.368 e. The van der Waals surface area contributed by atoms with Crippen LogP contribution in [0.15, 0.2) is 0 Å². The zero-order valence-electron chi connectivity index (χ0n) is 10.4. The Labute approximate surface area is 103 Å². The quantitative estimate of drug-likeness (QED) is 0.777. The van der Waals surface area contributed by atoms with Crippen LogP contribution in [0.3, 0.4) is 0 Å². The second kappa shape index (κ2) is 4.94. The maximum atomic E-state index is 12.0. The summed E-state index contributed by atoms with van der Waals surface area (Å²) in [7, 11) is 0. The zero-order valence-corrected chi connectivity index (χ0v) is 10.4. The first-order chi connectivity index (χ1) is 8.34. The molecule has 3 rings (SSSR count). The fourth-order valence-corrected chi connectivity index (χ4v) is 3.48. The Balaban J connectivity index is 1.56. The van der Waals surface area contributed by atoms with Gasteiger partial charge < -0.3 is 10.1 Å². The first kappa shape index (κ1) is 11.5. The third-order valence-electron chi connectivity index (χ3n) is 4.41. The molecule has 1 amide bonds. The van der Waals surface area contributed by atoms with E-state index >= 15 is 0 Å². The summed E-state index contributed by atoms with van der Waals surface area (Å²) in [6, 6.07) is 0.959. The second-order valence-corrected chi connectivity index (χ2v) is 5.50. The molecule has 0 radical (unpaired) electrons. The highest BCUT2D eigenvalue weighted by atomic mass is 16.5. The number of rotatable bonds is 2. The van der Waals surface area contributed by atoms with Crippen molar-refractivity contribution >= 4 is 5.91 Å². The summed E-state index contributed by atoms with van der Waals surface area (Å²) in [5.74, 6) is 0.125. The van der Waals surface area contributed by atoms with Gasteiger partial charge in [-0.15, -0.1) is 0 Å². The summed E-state index contributed by atoms with van der Waals surface area (Å²) < 4.78 is 5.44. The van der Waals surface area contributed by atoms with Gasteiger partial charge in [-0.2, -0.15) is 0 Å². The summed E-state index contributed by atoms with van der Waals surface area (Å²) in [5.41, 5.74) is 0. The van der Waals surface area contributed by atoms with Gasteiger partial charge >= 0.3 is 0 Å². The third-order valence-corrected chi connectivity index (χ3v) is 4.41. The van der Waals surface area contributed by atoms with Crippen molar-refractivity contribution in [3.8, 4) is 0 Å². The predicted molar refractivity (Wildman–Crippen MR) is 64.7 cm³/mol. The van der Waals surface area contributed by atoms with E-state index in [1.165, 1.54) is 25.8 Å². The van der Waals surface area contributed by atoms with Crippen LogP contribution in [0.1, 0.15) is 38.5 Å². The van der Waals surface area contributed by atoms with Crippen LogP contribution in [0.25, 0.3) is 0 Å². The normalized spacial score (nSPS) is 38.0. The monoisotopic (exact) mass is 238 g/mol. The van der Waals surface area contributed by atoms with E-state index in [-0.39, 0.29) is 12.0 Å². The van der Waals surface area contributed by atoms with Gasteiger partial charge in [0, 0.05) is 25.2 Å². The van der Waals surface area contributed by atoms with E-state index in [0.29, 0.717) is 12.1 Å². The molecule has 4 heteroatoms. The number of amides is 1. The van der Waals surface area contributed by atoms with Crippen LogP contribution >= 0.6 is 0 Å². The minimum Gasteiger partial charge on any atom is -0.368 e. The van der Waals surface area contributed by atoms with Gasteiger partial charge in [0.05, 0.1) is 0 Å². The molecular formula is C13H22N2O2. The van der Waals surface area contributed by atoms with Crippen molar-refractivity contribution in [2.24, 2.45) is 0 Å². The maximum Gasteiger partial charge on any atom is 0.249 e. The number of nitrogens with zero attached hydrogens (tertiary/aromatic N) is 1. The van der Waals surface area contributed by atoms with Crippen molar-refractivity contribution in [3.63, 3.8) is 0 Å². The second-order valence-electron chi connectivity index (χ2n) is 5.50. The fraction of sp³-hybridized carbons (Fsp3) is 0.923. The first-order valence-corrected chi connectivity index (χ1v) is 7.00. The molecule has 3 saturated heterocycles. The summed E-state index contributed by atoms with van der Waals surface area (Å²) in [6.45, 7) is 3.12. The highest BCUT2D eigenvalue weighted by Crippen LogP contribution is 2.27. The molecule has 0 aromatic rings. The van der Waals surface area contributed by atoms with Crippen LogP contribution in [-0.4, -0.2) is 48.7 Å². The minimum atomic E-state index is -0.173. The molecule has 4 nitrogen and oxygen atoms in total. The molecule has 1 N–H and O–H groups in total. The highest BCUT2D eigenvalue weighted by Gasteiger charge is 2.37. The van der Waals surface area contributed by atoms with Gasteiger partial charge in [-0.05, 0) is 38.6 Å². The highest BCUT2D eigenvalue weighted by molar-refractivity contribution is 5.81. The Morgan fingerprint density at radius 1 is 1.12 bits per heavy atom. The Kier molecular flexibility index (Phi) is 3.34. The molecule has 3 atom stereocenters. The smallest absolute Gasteiger partial charge is 0.249 e. The number of carbonyl (C=O) groups excluding carboxylic acids is 1. The average molecular weight is 238 g/mol. The van der Waals surface area contributed by atoms with Crippen molar-refractivity contribution in [3.05, 3.63) is 0 Å². The summed E-state index contributed by atoms with van der Waals surface area (Å²) in [6.07, 6.45) is 6.74. The molecule has 3 heterocycles. The Morgan fingerprint density at radius 3 is 2.88 bits per heavy atom. The van der Waals surface area contributed by atoms with Crippen molar-refractivity contribution in [2.75, 3.05) is 19.7 Å². The number of hydrogen-bond acceptors (Lipinski definition) is 3. The first-order valence-electron chi connectivity index (χ1n) is 7.00. The molecule has 0 aliphatic carbocycles. The van der Waals surface area contributed by atoms with E-state index in [0.717, 1.165) is 32.4 Å². The van der Waals surface area contributed by atoms with E-state index in [4.69, 9.17) is 4.74 Å². The van der Waals surface area contributed by atoms with Crippen LogP contribution in [0, 0.1) is 0 Å². The van der Waals surface area contributed by atoms with Crippen molar-refractivity contribution in [1.82, 2.24) is 10.2 Å². The van der Waals surface area contributed by atoms with E-state index in [1.54, 1.807) is 0 Å². The standard InChI is InChI=1S/C13H22N2O2/c16-13(12-5-3-9-17-12)14-10-6-8-15-7-2-1-4-11(10)15/h10-12H,1-9H2,(H,14,16)/t10-,11-,12-/m1/s1. The SMILES string of the molecule is O=C(N[C@@H]1CCN2CCCC[C@H]12)[C@H]1CCCO1. The molecule has 3 aliphatic rings. The Morgan fingerprint density at radius 2 is 2.06 bits per heavy atom. The summed E-state index contributed by atoms with van der Waals surface area (Å²) >= 11 is 0. The molecule has 0 bridgehead atoms. The lowest BCUT2D eigenvalue weighted by Crippen LogP contribution is -2.49. The topological polar surface area (TPSA) is 41.6 Å². The van der Waals surface area contributed by atoms with Gasteiger partial charge in [0.1, 0.15) is 6.10 Å². The lowest BCUT2D eigenvalue weighted by Gasteiger charge is -2.32. The van der Waals surface area contributed by atoms with E-state index < -0.39 is 0 Å². The lowest BCUT2D eigenvalue weighted by molar-refractivity contribution is -0.131. The minimum absolute atomic E-state index is 0.125. The Hall–Kier alpha value is -0.610. The van der Waals surface area contributed by atoms with Gasteiger partial charge in [0.25, 0.3) is 0 Å². The van der Waals surface area contributed by atoms with E-state index in [9.17, 15) is 4.79 Å². The van der Waals surface area contributed by atoms with Crippen LogP contribution in [0.2, 0.25) is 0 Å². The number of nitrogens with one attached hydrogen (secondary N) is 1. The molecule has 0 unspecified atom stereocenters. The zero-order chi connectivity index (χ0) is 11.7. The average Bonchev–Trinajstić information content (AvgIpc) is 2.98. The molecule has 0 saturated carbocycles. The molecule has 0 aromatic heterocycles. The van der Waals surface area contributed by atoms with Gasteiger partial charge in [0.15, 0.2) is 0 Å². The molecule has 3 aliphatic heterocycles. The fourth-order valence-electron chi connectivity index (χ4n) is 3.48. The van der Waals surface area contributed by atoms with Crippen LogP contribution in [0.4, 0.5) is 0 Å². The summed E-state index contributed by atoms with van der Waals surface area (Å²) in [4.78, 5) is 14.6. The van der Waals surface area contributed by atoms with Gasteiger partial charge in [0.2, 0.25) is 5.91 Å². The van der Waals surface area contributed by atoms with Crippen LogP contribution in [-0.2, 0) is 9.53 Å². The number of hydrogen-bond donors (Lipinski definition) is 1. The van der Waals surface area contributed by atoms with Crippen molar-refractivity contribution < 1.29 is 9.53 Å². The molecule has 0 aromatic carbocycles. The molecule has 17 heavy (non-hydrogen) atoms. The lowest BCUT2D eigenvalue weighted by atomic mass is 9.99. The number of ether oxygens (including phenoxy) is 1. The predicted octanol–water partition coefficient (Wildman–Crippen LogP) is 0.908. The molecular weight excluding hydrogens is 216 g/mol. The maximum absolute atomic E-state index is 12.0. The van der Waals surface area contributed by atoms with Gasteiger partial charge in [-0.1, -0.05) is 6.42 Å². The summed E-state index contributed by atoms with van der Waals surface area (Å²) in [5, 5.41) is 3.21.